The highest BCUT2D eigenvalue weighted by Gasteiger charge is 2.32. The Morgan fingerprint density at radius 2 is 1.74 bits per heavy atom. The Kier molecular flexibility index (Phi) is 8.38. The van der Waals surface area contributed by atoms with E-state index in [1.54, 1.807) is 0 Å². The minimum Gasteiger partial charge on any atom is -0.418 e. The average Bonchev–Trinajstić information content (AvgIpc) is 3.38. The maximum atomic E-state index is 13.4. The molecule has 9 heteroatoms. The predicted molar refractivity (Wildman–Crippen MR) is 160 cm³/mol. The van der Waals surface area contributed by atoms with E-state index in [2.05, 4.69) is 20.5 Å². The van der Waals surface area contributed by atoms with Crippen molar-refractivity contribution >= 4 is 29.0 Å². The zero-order chi connectivity index (χ0) is 29.8. The molecule has 0 radical (unpaired) electrons. The van der Waals surface area contributed by atoms with Crippen LogP contribution in [0, 0.1) is 19.8 Å². The predicted octanol–water partition coefficient (Wildman–Crippen LogP) is 4.48. The van der Waals surface area contributed by atoms with Gasteiger partial charge in [0.05, 0.1) is 23.9 Å². The summed E-state index contributed by atoms with van der Waals surface area (Å²) < 4.78 is 5.70. The van der Waals surface area contributed by atoms with E-state index in [1.807, 2.05) is 100 Å². The van der Waals surface area contributed by atoms with Crippen LogP contribution in [-0.4, -0.2) is 52.6 Å². The van der Waals surface area contributed by atoms with Gasteiger partial charge in [-0.05, 0) is 30.9 Å². The minimum atomic E-state index is -0.917. The van der Waals surface area contributed by atoms with Crippen molar-refractivity contribution in [3.63, 3.8) is 0 Å². The molecule has 2 amide bonds. The molecule has 0 unspecified atom stereocenters. The van der Waals surface area contributed by atoms with Gasteiger partial charge in [-0.25, -0.2) is 0 Å². The molecule has 0 fully saturated rings. The van der Waals surface area contributed by atoms with Gasteiger partial charge in [-0.2, -0.15) is 0 Å². The Balaban J connectivity index is 1.34. The fourth-order valence-electron chi connectivity index (χ4n) is 5.11. The van der Waals surface area contributed by atoms with Crippen molar-refractivity contribution < 1.29 is 18.8 Å². The maximum absolute atomic E-state index is 13.4. The summed E-state index contributed by atoms with van der Waals surface area (Å²) >= 11 is 0. The summed E-state index contributed by atoms with van der Waals surface area (Å²) in [6.45, 7) is 7.16. The number of anilines is 1. The summed E-state index contributed by atoms with van der Waals surface area (Å²) in [5, 5.41) is 10.8. The van der Waals surface area contributed by atoms with Gasteiger partial charge in [0.1, 0.15) is 13.1 Å². The topological polar surface area (TPSA) is 118 Å². The lowest BCUT2D eigenvalue weighted by Crippen LogP contribution is -2.49. The molecule has 214 valence electrons. The summed E-state index contributed by atoms with van der Waals surface area (Å²) in [5.41, 5.74) is 5.90. The van der Waals surface area contributed by atoms with Crippen molar-refractivity contribution in [2.75, 3.05) is 18.0 Å². The van der Waals surface area contributed by atoms with E-state index in [9.17, 15) is 14.4 Å². The van der Waals surface area contributed by atoms with Gasteiger partial charge >= 0.3 is 0 Å². The Labute approximate surface area is 244 Å². The molecule has 0 saturated carbocycles. The molecule has 42 heavy (non-hydrogen) atoms. The fourth-order valence-corrected chi connectivity index (χ4v) is 5.11. The maximum Gasteiger partial charge on any atom is 0.286 e. The second-order valence-electron chi connectivity index (χ2n) is 10.8. The number of para-hydroxylation sites is 1. The van der Waals surface area contributed by atoms with Gasteiger partial charge < -0.3 is 14.6 Å². The lowest BCUT2D eigenvalue weighted by atomic mass is 9.97. The number of carbonyl (C=O) groups excluding carboxylic acids is 3. The van der Waals surface area contributed by atoms with Crippen molar-refractivity contribution in [1.29, 1.82) is 0 Å². The number of fused-ring (bicyclic) bond motifs is 1. The molecule has 1 N–H and O–H groups in total. The van der Waals surface area contributed by atoms with Crippen LogP contribution in [0.5, 0.6) is 0 Å². The normalized spacial score (nSPS) is 13.8. The Hall–Kier alpha value is -4.92. The Morgan fingerprint density at radius 1 is 0.976 bits per heavy atom. The summed E-state index contributed by atoms with van der Waals surface area (Å²) in [6.07, 6.45) is 0.392. The number of Topliss-reactive ketones (excluding diaryl/α,β-unsaturated/α-hetero) is 1. The quantitative estimate of drug-likeness (QED) is 0.300. The number of aryl methyl sites for hydroxylation is 2. The van der Waals surface area contributed by atoms with Gasteiger partial charge in [-0.15, -0.1) is 10.2 Å². The smallest absolute Gasteiger partial charge is 0.286 e. The molecule has 1 aromatic heterocycles. The number of rotatable bonds is 9. The van der Waals surface area contributed by atoms with Crippen LogP contribution in [0.15, 0.2) is 82.2 Å². The number of benzene rings is 3. The molecule has 1 aliphatic rings. The third-order valence-corrected chi connectivity index (χ3v) is 7.17. The van der Waals surface area contributed by atoms with E-state index in [0.717, 1.165) is 27.8 Å². The van der Waals surface area contributed by atoms with Crippen LogP contribution in [0.3, 0.4) is 0 Å². The van der Waals surface area contributed by atoms with E-state index in [1.165, 1.54) is 4.90 Å². The number of hydrogen-bond donors (Lipinski definition) is 1. The van der Waals surface area contributed by atoms with E-state index < -0.39 is 17.7 Å². The first-order chi connectivity index (χ1) is 20.2. The van der Waals surface area contributed by atoms with Crippen molar-refractivity contribution in [3.05, 3.63) is 112 Å². The zero-order valence-corrected chi connectivity index (χ0v) is 24.1. The molecule has 3 aromatic carbocycles. The Bertz CT molecular complexity index is 1660. The van der Waals surface area contributed by atoms with Crippen molar-refractivity contribution in [1.82, 2.24) is 15.5 Å². The van der Waals surface area contributed by atoms with Crippen LogP contribution >= 0.6 is 0 Å². The highest BCUT2D eigenvalue weighted by Crippen LogP contribution is 2.30. The number of amides is 2. The molecule has 1 atom stereocenters. The number of nitrogens with zero attached hydrogens (tertiary/aromatic N) is 4. The van der Waals surface area contributed by atoms with Gasteiger partial charge in [0.25, 0.3) is 5.89 Å². The molecule has 9 nitrogen and oxygen atoms in total. The minimum absolute atomic E-state index is 0.107. The number of carbonyl (C=O) groups is 3. The van der Waals surface area contributed by atoms with E-state index in [-0.39, 0.29) is 30.8 Å². The molecule has 0 bridgehead atoms. The van der Waals surface area contributed by atoms with Crippen LogP contribution in [0.4, 0.5) is 5.69 Å². The van der Waals surface area contributed by atoms with Crippen LogP contribution in [0.1, 0.15) is 58.2 Å². The number of hydrogen-bond acceptors (Lipinski definition) is 7. The summed E-state index contributed by atoms with van der Waals surface area (Å²) in [7, 11) is 0. The molecule has 0 saturated heterocycles. The monoisotopic (exact) mass is 563 g/mol. The molecule has 0 aliphatic carbocycles. The zero-order valence-electron chi connectivity index (χ0n) is 24.1. The Morgan fingerprint density at radius 3 is 2.48 bits per heavy atom. The molecule has 0 spiro atoms. The first kappa shape index (κ1) is 28.6. The van der Waals surface area contributed by atoms with Gasteiger partial charge in [-0.3, -0.25) is 19.4 Å². The lowest BCUT2D eigenvalue weighted by molar-refractivity contribution is -0.123. The van der Waals surface area contributed by atoms with Gasteiger partial charge in [0.15, 0.2) is 0 Å². The molecular formula is C33H33N5O4. The van der Waals surface area contributed by atoms with Crippen molar-refractivity contribution in [3.8, 4) is 0 Å². The number of ketones is 1. The van der Waals surface area contributed by atoms with Gasteiger partial charge in [-0.1, -0.05) is 92.2 Å². The van der Waals surface area contributed by atoms with E-state index in [4.69, 9.17) is 4.42 Å². The molecule has 4 aromatic rings. The van der Waals surface area contributed by atoms with E-state index in [0.29, 0.717) is 23.7 Å². The third kappa shape index (κ3) is 6.20. The number of nitrogens with one attached hydrogen (secondary N) is 1. The van der Waals surface area contributed by atoms with Gasteiger partial charge in [0, 0.05) is 11.1 Å². The molecular weight excluding hydrogens is 530 g/mol. The second-order valence-corrected chi connectivity index (χ2v) is 10.8. The van der Waals surface area contributed by atoms with Crippen molar-refractivity contribution in [2.45, 2.75) is 40.2 Å². The second kappa shape index (κ2) is 12.3. The van der Waals surface area contributed by atoms with Crippen LogP contribution < -0.4 is 10.2 Å². The SMILES string of the molecule is Cc1cccc(Cc2nnc(C(=O)[C@@H](NC(=O)CN3C(=O)CN=C(c4ccccc4)c4cccc(C)c43)C(C)C)o2)c1. The standard InChI is InChI=1S/C33H33N5O4/c1-20(2)29(32(41)33-37-36-27(42-33)17-23-12-8-10-21(3)16-23)35-26(39)19-38-28(40)18-34-30(24-13-6-5-7-14-24)25-15-9-11-22(4)31(25)38/h5-16,20,29H,17-19H2,1-4H3,(H,35,39)/t29-/m0/s1. The number of aromatic nitrogens is 2. The van der Waals surface area contributed by atoms with Crippen LogP contribution in [0.2, 0.25) is 0 Å². The molecule has 1 aliphatic heterocycles. The number of benzodiazepines with no additional fused rings is 1. The number of aliphatic imine (C=N–C) groups is 1. The average molecular weight is 564 g/mol. The lowest BCUT2D eigenvalue weighted by Gasteiger charge is -2.26. The molecule has 5 rings (SSSR count). The van der Waals surface area contributed by atoms with Crippen LogP contribution in [0.25, 0.3) is 0 Å². The first-order valence-electron chi connectivity index (χ1n) is 13.9. The molecule has 2 heterocycles. The largest absolute Gasteiger partial charge is 0.418 e. The van der Waals surface area contributed by atoms with E-state index >= 15 is 0 Å². The van der Waals surface area contributed by atoms with Crippen LogP contribution in [-0.2, 0) is 16.0 Å². The van der Waals surface area contributed by atoms with Gasteiger partial charge in [0.2, 0.25) is 23.5 Å². The highest BCUT2D eigenvalue weighted by molar-refractivity contribution is 6.20. The first-order valence-corrected chi connectivity index (χ1v) is 13.9. The summed E-state index contributed by atoms with van der Waals surface area (Å²) in [5.74, 6) is -1.38. The fraction of sp³-hybridized carbons (Fsp3) is 0.273. The highest BCUT2D eigenvalue weighted by atomic mass is 16.4. The summed E-state index contributed by atoms with van der Waals surface area (Å²) in [6, 6.07) is 22.4. The third-order valence-electron chi connectivity index (χ3n) is 7.17. The van der Waals surface area contributed by atoms with Crippen molar-refractivity contribution in [2.24, 2.45) is 10.9 Å². The summed E-state index contributed by atoms with van der Waals surface area (Å²) in [4.78, 5) is 46.2.